The zero-order chi connectivity index (χ0) is 13.5. The minimum absolute atomic E-state index is 0.0477. The molecule has 0 saturated carbocycles. The predicted octanol–water partition coefficient (Wildman–Crippen LogP) is 2.48. The first-order valence-corrected chi connectivity index (χ1v) is 6.23. The number of hydrogen-bond donors (Lipinski definition) is 2. The Balaban J connectivity index is 2.52. The monoisotopic (exact) mass is 247 g/mol. The van der Waals surface area contributed by atoms with Crippen LogP contribution in [0.1, 0.15) is 39.1 Å². The lowest BCUT2D eigenvalue weighted by Gasteiger charge is -2.15. The quantitative estimate of drug-likeness (QED) is 0.856. The molecule has 0 aliphatic heterocycles. The van der Waals surface area contributed by atoms with Crippen molar-refractivity contribution in [2.75, 3.05) is 5.73 Å². The first-order chi connectivity index (χ1) is 8.34. The fourth-order valence-corrected chi connectivity index (χ4v) is 1.90. The van der Waals surface area contributed by atoms with Crippen molar-refractivity contribution in [2.45, 2.75) is 46.6 Å². The van der Waals surface area contributed by atoms with Crippen molar-refractivity contribution >= 4 is 5.69 Å². The number of anilines is 1. The topological polar surface area (TPSA) is 72.5 Å². The van der Waals surface area contributed by atoms with Crippen LogP contribution in [-0.2, 0) is 12.0 Å². The van der Waals surface area contributed by atoms with Crippen molar-refractivity contribution in [1.29, 1.82) is 0 Å². The molecule has 5 heteroatoms. The Morgan fingerprint density at radius 3 is 2.56 bits per heavy atom. The van der Waals surface area contributed by atoms with Crippen LogP contribution in [0.4, 0.5) is 5.69 Å². The Bertz CT molecular complexity index is 556. The van der Waals surface area contributed by atoms with Gasteiger partial charge in [0.2, 0.25) is 0 Å². The second kappa shape index (κ2) is 4.15. The largest absolute Gasteiger partial charge is 0.395 e. The lowest BCUT2D eigenvalue weighted by Crippen LogP contribution is -2.11. The molecule has 0 fully saturated rings. The summed E-state index contributed by atoms with van der Waals surface area (Å²) in [6, 6.07) is 0. The SMILES string of the molecule is CCn1nc(C)c(N)c1-c1ncc(C(C)(C)C)[nH]1. The molecule has 0 amide bonds. The van der Waals surface area contributed by atoms with Gasteiger partial charge in [-0.1, -0.05) is 20.8 Å². The Hall–Kier alpha value is -1.78. The minimum Gasteiger partial charge on any atom is -0.395 e. The third-order valence-corrected chi connectivity index (χ3v) is 3.08. The van der Waals surface area contributed by atoms with Gasteiger partial charge in [0.25, 0.3) is 0 Å². The number of aromatic nitrogens is 4. The molecule has 3 N–H and O–H groups in total. The van der Waals surface area contributed by atoms with Gasteiger partial charge in [0.1, 0.15) is 5.69 Å². The van der Waals surface area contributed by atoms with E-state index in [-0.39, 0.29) is 5.41 Å². The summed E-state index contributed by atoms with van der Waals surface area (Å²) in [5, 5.41) is 4.41. The number of aryl methyl sites for hydroxylation is 2. The van der Waals surface area contributed by atoms with Crippen LogP contribution in [0.15, 0.2) is 6.20 Å². The Morgan fingerprint density at radius 2 is 2.06 bits per heavy atom. The van der Waals surface area contributed by atoms with Crippen LogP contribution in [0.2, 0.25) is 0 Å². The van der Waals surface area contributed by atoms with Gasteiger partial charge in [0.15, 0.2) is 5.82 Å². The highest BCUT2D eigenvalue weighted by atomic mass is 15.3. The van der Waals surface area contributed by atoms with E-state index >= 15 is 0 Å². The normalized spacial score (nSPS) is 12.1. The molecule has 0 spiro atoms. The summed E-state index contributed by atoms with van der Waals surface area (Å²) in [4.78, 5) is 7.79. The Morgan fingerprint density at radius 1 is 1.39 bits per heavy atom. The van der Waals surface area contributed by atoms with E-state index in [4.69, 9.17) is 5.73 Å². The standard InChI is InChI=1S/C13H21N5/c1-6-18-11(10(14)8(2)17-18)12-15-7-9(16-12)13(3,4)5/h7H,6,14H2,1-5H3,(H,15,16). The summed E-state index contributed by atoms with van der Waals surface area (Å²) in [7, 11) is 0. The maximum atomic E-state index is 6.09. The van der Waals surface area contributed by atoms with Gasteiger partial charge in [0, 0.05) is 23.9 Å². The number of nitrogens with two attached hydrogens (primary N) is 1. The van der Waals surface area contributed by atoms with Crippen molar-refractivity contribution in [1.82, 2.24) is 19.7 Å². The van der Waals surface area contributed by atoms with E-state index in [0.29, 0.717) is 5.69 Å². The van der Waals surface area contributed by atoms with Crippen LogP contribution < -0.4 is 5.73 Å². The zero-order valence-corrected chi connectivity index (χ0v) is 11.7. The molecule has 0 radical (unpaired) electrons. The Kier molecular flexibility index (Phi) is 2.92. The third-order valence-electron chi connectivity index (χ3n) is 3.08. The molecule has 2 heterocycles. The second-order valence-electron chi connectivity index (χ2n) is 5.56. The van der Waals surface area contributed by atoms with E-state index < -0.39 is 0 Å². The lowest BCUT2D eigenvalue weighted by atomic mass is 9.93. The number of aromatic amines is 1. The van der Waals surface area contributed by atoms with E-state index in [1.54, 1.807) is 0 Å². The molecule has 2 aromatic rings. The molecule has 0 aliphatic rings. The number of nitrogen functional groups attached to an aromatic ring is 1. The zero-order valence-electron chi connectivity index (χ0n) is 11.7. The van der Waals surface area contributed by atoms with Crippen LogP contribution in [0.25, 0.3) is 11.5 Å². The van der Waals surface area contributed by atoms with E-state index in [2.05, 4.69) is 35.8 Å². The average molecular weight is 247 g/mol. The van der Waals surface area contributed by atoms with Crippen molar-refractivity contribution in [3.8, 4) is 11.5 Å². The third kappa shape index (κ3) is 2.00. The average Bonchev–Trinajstić information content (AvgIpc) is 2.84. The number of hydrogen-bond acceptors (Lipinski definition) is 3. The van der Waals surface area contributed by atoms with Crippen LogP contribution in [0, 0.1) is 6.92 Å². The summed E-state index contributed by atoms with van der Waals surface area (Å²) in [5.41, 5.74) is 9.66. The van der Waals surface area contributed by atoms with E-state index in [1.165, 1.54) is 0 Å². The van der Waals surface area contributed by atoms with Gasteiger partial charge in [0.05, 0.1) is 11.4 Å². The van der Waals surface area contributed by atoms with Crippen molar-refractivity contribution in [2.24, 2.45) is 0 Å². The minimum atomic E-state index is 0.0477. The summed E-state index contributed by atoms with van der Waals surface area (Å²) < 4.78 is 1.88. The molecular weight excluding hydrogens is 226 g/mol. The van der Waals surface area contributed by atoms with Gasteiger partial charge in [-0.15, -0.1) is 0 Å². The van der Waals surface area contributed by atoms with E-state index in [0.717, 1.165) is 29.5 Å². The highest BCUT2D eigenvalue weighted by Crippen LogP contribution is 2.28. The first kappa shape index (κ1) is 12.7. The molecule has 5 nitrogen and oxygen atoms in total. The highest BCUT2D eigenvalue weighted by Gasteiger charge is 2.20. The Labute approximate surface area is 107 Å². The van der Waals surface area contributed by atoms with Crippen LogP contribution in [0.5, 0.6) is 0 Å². The lowest BCUT2D eigenvalue weighted by molar-refractivity contribution is 0.572. The highest BCUT2D eigenvalue weighted by molar-refractivity contribution is 5.70. The van der Waals surface area contributed by atoms with Gasteiger partial charge in [-0.3, -0.25) is 4.68 Å². The number of H-pyrrole nitrogens is 1. The molecule has 0 unspecified atom stereocenters. The maximum absolute atomic E-state index is 6.09. The molecule has 18 heavy (non-hydrogen) atoms. The second-order valence-corrected chi connectivity index (χ2v) is 5.56. The van der Waals surface area contributed by atoms with Gasteiger partial charge in [-0.25, -0.2) is 4.98 Å². The number of imidazole rings is 1. The van der Waals surface area contributed by atoms with Gasteiger partial charge < -0.3 is 10.7 Å². The summed E-state index contributed by atoms with van der Waals surface area (Å²) in [5.74, 6) is 0.792. The molecular formula is C13H21N5. The molecule has 0 atom stereocenters. The van der Waals surface area contributed by atoms with Crippen LogP contribution >= 0.6 is 0 Å². The van der Waals surface area contributed by atoms with Gasteiger partial charge >= 0.3 is 0 Å². The summed E-state index contributed by atoms with van der Waals surface area (Å²) >= 11 is 0. The summed E-state index contributed by atoms with van der Waals surface area (Å²) in [6.45, 7) is 11.2. The molecule has 98 valence electrons. The van der Waals surface area contributed by atoms with Crippen molar-refractivity contribution in [3.63, 3.8) is 0 Å². The molecule has 2 rings (SSSR count). The molecule has 2 aromatic heterocycles. The molecule has 0 bridgehead atoms. The first-order valence-electron chi connectivity index (χ1n) is 6.23. The summed E-state index contributed by atoms with van der Waals surface area (Å²) in [6.07, 6.45) is 1.87. The van der Waals surface area contributed by atoms with Gasteiger partial charge in [-0.05, 0) is 13.8 Å². The fraction of sp³-hybridized carbons (Fsp3) is 0.538. The molecule has 0 saturated heterocycles. The predicted molar refractivity (Wildman–Crippen MR) is 73.3 cm³/mol. The molecule has 0 aromatic carbocycles. The maximum Gasteiger partial charge on any atom is 0.158 e. The van der Waals surface area contributed by atoms with Gasteiger partial charge in [-0.2, -0.15) is 5.10 Å². The van der Waals surface area contributed by atoms with E-state index in [1.807, 2.05) is 24.7 Å². The molecule has 0 aliphatic carbocycles. The number of rotatable bonds is 2. The van der Waals surface area contributed by atoms with Crippen LogP contribution in [0.3, 0.4) is 0 Å². The van der Waals surface area contributed by atoms with Crippen molar-refractivity contribution in [3.05, 3.63) is 17.6 Å². The van der Waals surface area contributed by atoms with Crippen molar-refractivity contribution < 1.29 is 0 Å². The fourth-order valence-electron chi connectivity index (χ4n) is 1.90. The smallest absolute Gasteiger partial charge is 0.158 e. The number of nitrogens with zero attached hydrogens (tertiary/aromatic N) is 3. The van der Waals surface area contributed by atoms with E-state index in [9.17, 15) is 0 Å². The number of nitrogens with one attached hydrogen (secondary N) is 1. The van der Waals surface area contributed by atoms with Crippen LogP contribution in [-0.4, -0.2) is 19.7 Å².